The monoisotopic (exact) mass is 460 g/mol. The topological polar surface area (TPSA) is 78.3 Å². The first-order valence-electron chi connectivity index (χ1n) is 12.3. The molecule has 34 heavy (non-hydrogen) atoms. The molecule has 1 N–H and O–H groups in total. The molecule has 2 aromatic heterocycles. The number of aliphatic hydroxyl groups is 1. The summed E-state index contributed by atoms with van der Waals surface area (Å²) in [5, 5.41) is 20.0. The number of hydrogen-bond donors (Lipinski definition) is 1. The third-order valence-electron chi connectivity index (χ3n) is 7.32. The fourth-order valence-electron chi connectivity index (χ4n) is 4.71. The average Bonchev–Trinajstić information content (AvgIpc) is 2.87. The summed E-state index contributed by atoms with van der Waals surface area (Å²) in [5.74, 6) is 1.82. The van der Waals surface area contributed by atoms with Gasteiger partial charge in [-0.05, 0) is 50.3 Å². The van der Waals surface area contributed by atoms with E-state index in [-0.39, 0.29) is 6.04 Å². The van der Waals surface area contributed by atoms with Crippen LogP contribution in [0.2, 0.25) is 0 Å². The molecule has 4 rings (SSSR count). The first kappa shape index (κ1) is 24.1. The van der Waals surface area contributed by atoms with Gasteiger partial charge in [0, 0.05) is 32.1 Å². The summed E-state index contributed by atoms with van der Waals surface area (Å²) in [6.07, 6.45) is 5.56. The maximum atomic E-state index is 10.7. The van der Waals surface area contributed by atoms with Gasteiger partial charge in [-0.3, -0.25) is 4.98 Å². The van der Waals surface area contributed by atoms with Crippen molar-refractivity contribution < 1.29 is 5.11 Å². The van der Waals surface area contributed by atoms with Crippen LogP contribution in [0, 0.1) is 13.8 Å². The van der Waals surface area contributed by atoms with Crippen LogP contribution in [-0.4, -0.2) is 50.9 Å². The van der Waals surface area contributed by atoms with Gasteiger partial charge in [0.1, 0.15) is 11.4 Å². The lowest BCUT2D eigenvalue weighted by atomic mass is 9.94. The molecular weight excluding hydrogens is 424 g/mol. The number of nitrogens with zero attached hydrogens (tertiary/aromatic N) is 6. The van der Waals surface area contributed by atoms with E-state index in [4.69, 9.17) is 0 Å². The molecule has 7 heteroatoms. The van der Waals surface area contributed by atoms with Crippen LogP contribution in [0.4, 0.5) is 11.6 Å². The highest BCUT2D eigenvalue weighted by Gasteiger charge is 2.30. The maximum Gasteiger partial charge on any atom is 0.154 e. The summed E-state index contributed by atoms with van der Waals surface area (Å²) < 4.78 is 0. The molecule has 1 aromatic carbocycles. The van der Waals surface area contributed by atoms with Crippen molar-refractivity contribution >= 4 is 11.6 Å². The molecule has 1 aliphatic heterocycles. The molecule has 180 valence electrons. The highest BCUT2D eigenvalue weighted by Crippen LogP contribution is 2.29. The number of anilines is 2. The van der Waals surface area contributed by atoms with E-state index >= 15 is 0 Å². The third kappa shape index (κ3) is 4.75. The first-order valence-corrected chi connectivity index (χ1v) is 12.3. The Kier molecular flexibility index (Phi) is 7.12. The van der Waals surface area contributed by atoms with E-state index in [1.54, 1.807) is 12.4 Å². The Morgan fingerprint density at radius 3 is 2.32 bits per heavy atom. The predicted molar refractivity (Wildman–Crippen MR) is 136 cm³/mol. The van der Waals surface area contributed by atoms with Crippen LogP contribution in [0.5, 0.6) is 0 Å². The minimum absolute atomic E-state index is 0.246. The zero-order valence-electron chi connectivity index (χ0n) is 21.0. The smallest absolute Gasteiger partial charge is 0.154 e. The molecule has 3 heterocycles. The van der Waals surface area contributed by atoms with E-state index in [1.165, 1.54) is 16.7 Å². The predicted octanol–water partition coefficient (Wildman–Crippen LogP) is 4.20. The molecule has 0 amide bonds. The maximum absolute atomic E-state index is 10.7. The van der Waals surface area contributed by atoms with Crippen LogP contribution >= 0.6 is 0 Å². The number of hydrogen-bond acceptors (Lipinski definition) is 7. The molecular formula is C27H36N6O. The fraction of sp³-hybridized carbons (Fsp3) is 0.481. The second-order valence-electron chi connectivity index (χ2n) is 9.37. The van der Waals surface area contributed by atoms with Gasteiger partial charge in [-0.25, -0.2) is 4.98 Å². The Bertz CT molecular complexity index is 1100. The number of aromatic nitrogens is 4. The zero-order valence-corrected chi connectivity index (χ0v) is 21.0. The highest BCUT2D eigenvalue weighted by atomic mass is 16.3. The standard InChI is InChI=1S/C27H36N6O/c1-6-27(34,7-2)24-16-29-25(17-28-24)33-14-13-32(18-19(33)3)26-21(5)20(4)23(30-31-26)15-22-11-9-8-10-12-22/h8-12,16-17,19,34H,6-7,13-15,18H2,1-5H3/t19-/m1/s1. The van der Waals surface area contributed by atoms with Crippen molar-refractivity contribution in [2.45, 2.75) is 65.5 Å². The molecule has 0 bridgehead atoms. The Balaban J connectivity index is 1.47. The molecule has 3 aromatic rings. The van der Waals surface area contributed by atoms with Crippen molar-refractivity contribution in [3.8, 4) is 0 Å². The zero-order chi connectivity index (χ0) is 24.3. The second kappa shape index (κ2) is 10.1. The minimum atomic E-state index is -0.906. The summed E-state index contributed by atoms with van der Waals surface area (Å²) in [5.41, 5.74) is 4.43. The molecule has 0 radical (unpaired) electrons. The van der Waals surface area contributed by atoms with Gasteiger partial charge in [-0.2, -0.15) is 5.10 Å². The summed E-state index contributed by atoms with van der Waals surface area (Å²) in [6, 6.07) is 10.7. The molecule has 7 nitrogen and oxygen atoms in total. The molecule has 0 saturated carbocycles. The fourth-order valence-corrected chi connectivity index (χ4v) is 4.71. The first-order chi connectivity index (χ1) is 16.4. The van der Waals surface area contributed by atoms with E-state index < -0.39 is 5.60 Å². The van der Waals surface area contributed by atoms with Crippen LogP contribution < -0.4 is 9.80 Å². The van der Waals surface area contributed by atoms with E-state index in [1.807, 2.05) is 19.9 Å². The SMILES string of the molecule is CCC(O)(CC)c1cnc(N2CCN(c3nnc(Cc4ccccc4)c(C)c3C)C[C@H]2C)cn1. The normalized spacial score (nSPS) is 16.7. The average molecular weight is 461 g/mol. The third-order valence-corrected chi connectivity index (χ3v) is 7.32. The van der Waals surface area contributed by atoms with E-state index in [0.717, 1.165) is 43.4 Å². The Labute approximate surface area is 202 Å². The van der Waals surface area contributed by atoms with Crippen LogP contribution in [0.3, 0.4) is 0 Å². The quantitative estimate of drug-likeness (QED) is 0.566. The molecule has 1 atom stereocenters. The van der Waals surface area contributed by atoms with Gasteiger partial charge in [0.25, 0.3) is 0 Å². The van der Waals surface area contributed by atoms with Crippen molar-refractivity contribution in [2.75, 3.05) is 29.4 Å². The van der Waals surface area contributed by atoms with Crippen molar-refractivity contribution in [2.24, 2.45) is 0 Å². The lowest BCUT2D eigenvalue weighted by Crippen LogP contribution is -2.53. The number of piperazine rings is 1. The summed E-state index contributed by atoms with van der Waals surface area (Å²) in [6.45, 7) is 13.0. The van der Waals surface area contributed by atoms with Crippen LogP contribution in [-0.2, 0) is 12.0 Å². The molecule has 0 unspecified atom stereocenters. The van der Waals surface area contributed by atoms with E-state index in [0.29, 0.717) is 18.5 Å². The van der Waals surface area contributed by atoms with Gasteiger partial charge >= 0.3 is 0 Å². The molecule has 0 spiro atoms. The van der Waals surface area contributed by atoms with Crippen molar-refractivity contribution in [3.05, 3.63) is 70.8 Å². The largest absolute Gasteiger partial charge is 0.384 e. The number of rotatable bonds is 7. The summed E-state index contributed by atoms with van der Waals surface area (Å²) in [7, 11) is 0. The summed E-state index contributed by atoms with van der Waals surface area (Å²) in [4.78, 5) is 13.8. The lowest BCUT2D eigenvalue weighted by molar-refractivity contribution is 0.0236. The van der Waals surface area contributed by atoms with Gasteiger partial charge < -0.3 is 14.9 Å². The van der Waals surface area contributed by atoms with E-state index in [2.05, 4.69) is 75.0 Å². The van der Waals surface area contributed by atoms with Gasteiger partial charge in [-0.1, -0.05) is 44.2 Å². The minimum Gasteiger partial charge on any atom is -0.384 e. The van der Waals surface area contributed by atoms with Crippen molar-refractivity contribution in [1.82, 2.24) is 20.2 Å². The lowest BCUT2D eigenvalue weighted by Gasteiger charge is -2.41. The number of benzene rings is 1. The molecule has 1 aliphatic rings. The Morgan fingerprint density at radius 1 is 0.971 bits per heavy atom. The Hall–Kier alpha value is -3.06. The van der Waals surface area contributed by atoms with Gasteiger partial charge in [-0.15, -0.1) is 5.10 Å². The van der Waals surface area contributed by atoms with Gasteiger partial charge in [0.2, 0.25) is 0 Å². The molecule has 0 aliphatic carbocycles. The van der Waals surface area contributed by atoms with E-state index in [9.17, 15) is 5.11 Å². The molecule has 1 saturated heterocycles. The summed E-state index contributed by atoms with van der Waals surface area (Å²) >= 11 is 0. The highest BCUT2D eigenvalue weighted by molar-refractivity contribution is 5.53. The van der Waals surface area contributed by atoms with Crippen molar-refractivity contribution in [1.29, 1.82) is 0 Å². The second-order valence-corrected chi connectivity index (χ2v) is 9.37. The Morgan fingerprint density at radius 2 is 1.71 bits per heavy atom. The van der Waals surface area contributed by atoms with Crippen molar-refractivity contribution in [3.63, 3.8) is 0 Å². The van der Waals surface area contributed by atoms with Crippen LogP contribution in [0.25, 0.3) is 0 Å². The van der Waals surface area contributed by atoms with Gasteiger partial charge in [0.05, 0.1) is 23.8 Å². The molecule has 1 fully saturated rings. The van der Waals surface area contributed by atoms with Crippen LogP contribution in [0.1, 0.15) is 61.7 Å². The van der Waals surface area contributed by atoms with Gasteiger partial charge in [0.15, 0.2) is 5.82 Å². The van der Waals surface area contributed by atoms with Crippen LogP contribution in [0.15, 0.2) is 42.7 Å².